The molecule has 0 radical (unpaired) electrons. The Kier molecular flexibility index (Phi) is 9.45. The van der Waals surface area contributed by atoms with Crippen LogP contribution in [0.4, 0.5) is 0 Å². The van der Waals surface area contributed by atoms with E-state index in [9.17, 15) is 0 Å². The third-order valence-corrected chi connectivity index (χ3v) is 13.3. The summed E-state index contributed by atoms with van der Waals surface area (Å²) in [5, 5.41) is 7.68. The Morgan fingerprint density at radius 2 is 0.903 bits per heavy atom. The van der Waals surface area contributed by atoms with E-state index >= 15 is 0 Å². The van der Waals surface area contributed by atoms with Crippen LogP contribution >= 0.6 is 11.3 Å². The molecule has 292 valence electrons. The van der Waals surface area contributed by atoms with Gasteiger partial charge in [-0.25, -0.2) is 9.97 Å². The van der Waals surface area contributed by atoms with E-state index in [2.05, 4.69) is 214 Å². The molecule has 9 aromatic carbocycles. The monoisotopic (exact) mass is 808 g/mol. The predicted octanol–water partition coefficient (Wildman–Crippen LogP) is 16.5. The van der Waals surface area contributed by atoms with Crippen LogP contribution in [0, 0.1) is 6.92 Å². The summed E-state index contributed by atoms with van der Waals surface area (Å²) in [6.07, 6.45) is 4.23. The average molecular weight is 809 g/mol. The van der Waals surface area contributed by atoms with E-state index in [1.165, 1.54) is 69.5 Å². The maximum absolute atomic E-state index is 5.18. The molecule has 2 aromatic heterocycles. The number of allylic oxidation sites excluding steroid dienone is 2. The third-order valence-electron chi connectivity index (χ3n) is 12.1. The molecule has 3 heteroatoms. The van der Waals surface area contributed by atoms with Crippen LogP contribution in [0.3, 0.4) is 0 Å². The number of aryl methyl sites for hydroxylation is 1. The van der Waals surface area contributed by atoms with Gasteiger partial charge in [0, 0.05) is 36.9 Å². The lowest BCUT2D eigenvalue weighted by molar-refractivity contribution is 1.18. The second kappa shape index (κ2) is 15.7. The molecule has 0 N–H and O–H groups in total. The maximum atomic E-state index is 5.18. The second-order valence-electron chi connectivity index (χ2n) is 15.8. The Morgan fingerprint density at radius 3 is 1.56 bits per heavy atom. The van der Waals surface area contributed by atoms with E-state index in [0.29, 0.717) is 5.82 Å². The first-order valence-electron chi connectivity index (χ1n) is 21.0. The smallest absolute Gasteiger partial charge is 0.160 e. The van der Waals surface area contributed by atoms with Crippen molar-refractivity contribution in [2.45, 2.75) is 6.92 Å². The fourth-order valence-corrected chi connectivity index (χ4v) is 9.92. The van der Waals surface area contributed by atoms with Gasteiger partial charge in [-0.2, -0.15) is 0 Å². The van der Waals surface area contributed by atoms with Gasteiger partial charge in [0.1, 0.15) is 0 Å². The van der Waals surface area contributed by atoms with E-state index in [1.54, 1.807) is 0 Å². The molecule has 11 aromatic rings. The van der Waals surface area contributed by atoms with Gasteiger partial charge in [-0.1, -0.05) is 189 Å². The van der Waals surface area contributed by atoms with Gasteiger partial charge in [-0.15, -0.1) is 11.3 Å². The molecular weight excluding hydrogens is 769 g/mol. The van der Waals surface area contributed by atoms with Crippen LogP contribution in [0.25, 0.3) is 110 Å². The molecule has 0 bridgehead atoms. The highest BCUT2D eigenvalue weighted by Gasteiger charge is 2.14. The quantitative estimate of drug-likeness (QED) is 0.0868. The number of thiophene rings is 1. The minimum atomic E-state index is 0.682. The van der Waals surface area contributed by atoms with Crippen LogP contribution in [0.15, 0.2) is 213 Å². The minimum absolute atomic E-state index is 0.682. The van der Waals surface area contributed by atoms with Gasteiger partial charge in [-0.3, -0.25) is 0 Å². The lowest BCUT2D eigenvalue weighted by Crippen LogP contribution is -1.96. The van der Waals surface area contributed by atoms with Crippen LogP contribution in [-0.4, -0.2) is 9.97 Å². The molecule has 11 rings (SSSR count). The fraction of sp³-hybridized carbons (Fsp3) is 0.0169. The number of benzene rings is 9. The third kappa shape index (κ3) is 6.79. The van der Waals surface area contributed by atoms with Crippen LogP contribution in [-0.2, 0) is 0 Å². The molecule has 0 aliphatic heterocycles. The standard InChI is InChI=1S/C59H40N2S/c1-3-39(35-53-38(2)48-15-7-8-16-49(48)50-17-9-10-18-51(50)53)40-27-31-46(32-28-40)59-60-55(44-13-5-4-6-14-44)37-56(61-59)45-29-25-42(26-30-45)41-21-23-43(24-22-41)47-33-34-58-54(36-47)52-19-11-12-20-57(52)62-58/h3-37H,1H2,2H3/b39-35+. The Morgan fingerprint density at radius 1 is 0.419 bits per heavy atom. The molecule has 2 heterocycles. The maximum Gasteiger partial charge on any atom is 0.160 e. The van der Waals surface area contributed by atoms with Crippen molar-refractivity contribution >= 4 is 64.7 Å². The van der Waals surface area contributed by atoms with Crippen molar-refractivity contribution in [3.63, 3.8) is 0 Å². The number of aromatic nitrogens is 2. The van der Waals surface area contributed by atoms with Gasteiger partial charge in [0.25, 0.3) is 0 Å². The molecule has 0 unspecified atom stereocenters. The molecule has 0 saturated heterocycles. The van der Waals surface area contributed by atoms with Crippen molar-refractivity contribution < 1.29 is 0 Å². The molecule has 0 aliphatic carbocycles. The van der Waals surface area contributed by atoms with Gasteiger partial charge < -0.3 is 0 Å². The lowest BCUT2D eigenvalue weighted by Gasteiger charge is -2.14. The highest BCUT2D eigenvalue weighted by atomic mass is 32.1. The van der Waals surface area contributed by atoms with Crippen molar-refractivity contribution in [3.05, 3.63) is 230 Å². The highest BCUT2D eigenvalue weighted by molar-refractivity contribution is 7.25. The first-order chi connectivity index (χ1) is 30.6. The summed E-state index contributed by atoms with van der Waals surface area (Å²) in [7, 11) is 0. The fourth-order valence-electron chi connectivity index (χ4n) is 8.83. The Bertz CT molecular complexity index is 3510. The SMILES string of the molecule is C=C/C(=C\c1c(C)c2ccccc2c2ccccc12)c1ccc(-c2nc(-c3ccccc3)cc(-c3ccc(-c4ccc(-c5ccc6sc7ccccc7c6c5)cc4)cc3)n2)cc1. The minimum Gasteiger partial charge on any atom is -0.228 e. The highest BCUT2D eigenvalue weighted by Crippen LogP contribution is 2.38. The van der Waals surface area contributed by atoms with Crippen molar-refractivity contribution in [1.29, 1.82) is 0 Å². The van der Waals surface area contributed by atoms with Crippen molar-refractivity contribution in [2.24, 2.45) is 0 Å². The molecule has 2 nitrogen and oxygen atoms in total. The predicted molar refractivity (Wildman–Crippen MR) is 266 cm³/mol. The van der Waals surface area contributed by atoms with Crippen molar-refractivity contribution in [2.75, 3.05) is 0 Å². The van der Waals surface area contributed by atoms with Gasteiger partial charge in [0.15, 0.2) is 5.82 Å². The zero-order valence-corrected chi connectivity index (χ0v) is 35.0. The van der Waals surface area contributed by atoms with Crippen LogP contribution in [0.1, 0.15) is 16.7 Å². The molecule has 0 saturated carbocycles. The molecule has 0 amide bonds. The molecule has 62 heavy (non-hydrogen) atoms. The zero-order chi connectivity index (χ0) is 41.6. The lowest BCUT2D eigenvalue weighted by atomic mass is 9.90. The summed E-state index contributed by atoms with van der Waals surface area (Å²) in [4.78, 5) is 10.3. The Balaban J connectivity index is 0.903. The molecule has 0 spiro atoms. The summed E-state index contributed by atoms with van der Waals surface area (Å²) >= 11 is 1.85. The summed E-state index contributed by atoms with van der Waals surface area (Å²) < 4.78 is 2.65. The molecule has 0 fully saturated rings. The molecular formula is C59H40N2S. The summed E-state index contributed by atoms with van der Waals surface area (Å²) in [5.74, 6) is 0.682. The van der Waals surface area contributed by atoms with Gasteiger partial charge >= 0.3 is 0 Å². The average Bonchev–Trinajstić information content (AvgIpc) is 3.72. The number of hydrogen-bond acceptors (Lipinski definition) is 3. The topological polar surface area (TPSA) is 25.8 Å². The summed E-state index contributed by atoms with van der Waals surface area (Å²) in [5.41, 5.74) is 14.2. The summed E-state index contributed by atoms with van der Waals surface area (Å²) in [6, 6.07) is 71.5. The largest absolute Gasteiger partial charge is 0.228 e. The van der Waals surface area contributed by atoms with Crippen LogP contribution < -0.4 is 0 Å². The van der Waals surface area contributed by atoms with Crippen molar-refractivity contribution in [3.8, 4) is 56.2 Å². The number of rotatable bonds is 8. The Hall–Kier alpha value is -7.72. The van der Waals surface area contributed by atoms with Gasteiger partial charge in [-0.05, 0) is 103 Å². The van der Waals surface area contributed by atoms with E-state index in [0.717, 1.165) is 44.8 Å². The second-order valence-corrected chi connectivity index (χ2v) is 16.9. The number of nitrogens with zero attached hydrogens (tertiary/aromatic N) is 2. The van der Waals surface area contributed by atoms with E-state index in [4.69, 9.17) is 9.97 Å². The van der Waals surface area contributed by atoms with E-state index in [1.807, 2.05) is 23.5 Å². The molecule has 0 aliphatic rings. The van der Waals surface area contributed by atoms with Gasteiger partial charge in [0.2, 0.25) is 0 Å². The first-order valence-corrected chi connectivity index (χ1v) is 21.8. The van der Waals surface area contributed by atoms with Crippen LogP contribution in [0.5, 0.6) is 0 Å². The Labute approximate surface area is 365 Å². The normalized spacial score (nSPS) is 11.8. The first kappa shape index (κ1) is 37.3. The van der Waals surface area contributed by atoms with Crippen molar-refractivity contribution in [1.82, 2.24) is 9.97 Å². The summed E-state index contributed by atoms with van der Waals surface area (Å²) in [6.45, 7) is 6.46. The number of hydrogen-bond donors (Lipinski definition) is 0. The zero-order valence-electron chi connectivity index (χ0n) is 34.2. The molecule has 0 atom stereocenters. The van der Waals surface area contributed by atoms with E-state index < -0.39 is 0 Å². The number of fused-ring (bicyclic) bond motifs is 6. The van der Waals surface area contributed by atoms with E-state index in [-0.39, 0.29) is 0 Å². The van der Waals surface area contributed by atoms with Crippen LogP contribution in [0.2, 0.25) is 0 Å². The van der Waals surface area contributed by atoms with Gasteiger partial charge in [0.05, 0.1) is 11.4 Å².